The van der Waals surface area contributed by atoms with E-state index in [0.29, 0.717) is 29.6 Å². The molecule has 1 N–H and O–H groups in total. The number of aromatic nitrogens is 4. The molecule has 0 fully saturated rings. The molecule has 0 aliphatic rings. The lowest BCUT2D eigenvalue weighted by Gasteiger charge is -2.01. The van der Waals surface area contributed by atoms with Gasteiger partial charge in [-0.25, -0.2) is 0 Å². The maximum Gasteiger partial charge on any atom is 0.247 e. The maximum atomic E-state index is 11.9. The van der Waals surface area contributed by atoms with E-state index in [1.807, 2.05) is 13.2 Å². The van der Waals surface area contributed by atoms with Gasteiger partial charge in [-0.3, -0.25) is 9.48 Å². The van der Waals surface area contributed by atoms with Crippen LogP contribution < -0.4 is 5.32 Å². The fourth-order valence-electron chi connectivity index (χ4n) is 2.16. The third kappa shape index (κ3) is 4.20. The highest BCUT2D eigenvalue weighted by Crippen LogP contribution is 2.20. The van der Waals surface area contributed by atoms with Crippen LogP contribution in [0.4, 0.5) is 0 Å². The van der Waals surface area contributed by atoms with Crippen LogP contribution in [0.5, 0.6) is 0 Å². The second-order valence-corrected chi connectivity index (χ2v) is 5.74. The predicted octanol–water partition coefficient (Wildman–Crippen LogP) is 2.37. The minimum atomic E-state index is -0.0786. The summed E-state index contributed by atoms with van der Waals surface area (Å²) in [7, 11) is 1.84. The second-order valence-electron chi connectivity index (χ2n) is 5.31. The largest absolute Gasteiger partial charge is 0.419 e. The summed E-state index contributed by atoms with van der Waals surface area (Å²) in [6.07, 6.45) is 4.66. The molecule has 0 aliphatic carbocycles. The first-order chi connectivity index (χ1) is 11.6. The third-order valence-electron chi connectivity index (χ3n) is 3.39. The first-order valence-electron chi connectivity index (χ1n) is 7.43. The molecule has 7 nitrogen and oxygen atoms in total. The Morgan fingerprint density at radius 3 is 2.79 bits per heavy atom. The molecular formula is C16H16ClN5O2. The van der Waals surface area contributed by atoms with Crippen molar-refractivity contribution in [3.63, 3.8) is 0 Å². The number of aryl methyl sites for hydroxylation is 2. The number of hydrogen-bond donors (Lipinski definition) is 1. The van der Waals surface area contributed by atoms with Crippen LogP contribution in [0.25, 0.3) is 11.5 Å². The SMILES string of the molecule is Cn1cc(CCC(=O)NCc2nnc(-c3ccc(Cl)cc3)o2)cn1. The van der Waals surface area contributed by atoms with Gasteiger partial charge in [0.15, 0.2) is 0 Å². The quantitative estimate of drug-likeness (QED) is 0.741. The molecule has 2 aromatic heterocycles. The summed E-state index contributed by atoms with van der Waals surface area (Å²) >= 11 is 5.84. The molecule has 1 amide bonds. The highest BCUT2D eigenvalue weighted by Gasteiger charge is 2.10. The standard InChI is InChI=1S/C16H16ClN5O2/c1-22-10-11(8-19-22)2-7-14(23)18-9-15-20-21-16(24-15)12-3-5-13(17)6-4-12/h3-6,8,10H,2,7,9H2,1H3,(H,18,23). The van der Waals surface area contributed by atoms with Crippen LogP contribution in [0.1, 0.15) is 17.9 Å². The molecule has 2 heterocycles. The average Bonchev–Trinajstić information content (AvgIpc) is 3.21. The van der Waals surface area contributed by atoms with Crippen molar-refractivity contribution in [3.05, 3.63) is 53.1 Å². The van der Waals surface area contributed by atoms with Crippen LogP contribution in [-0.2, 0) is 24.8 Å². The molecule has 0 unspecified atom stereocenters. The summed E-state index contributed by atoms with van der Waals surface area (Å²) in [5, 5.41) is 15.4. The van der Waals surface area contributed by atoms with Crippen LogP contribution in [0.3, 0.4) is 0 Å². The Morgan fingerprint density at radius 1 is 1.29 bits per heavy atom. The fraction of sp³-hybridized carbons (Fsp3) is 0.250. The van der Waals surface area contributed by atoms with Crippen molar-refractivity contribution in [2.45, 2.75) is 19.4 Å². The first kappa shape index (κ1) is 16.2. The van der Waals surface area contributed by atoms with Gasteiger partial charge >= 0.3 is 0 Å². The number of benzene rings is 1. The van der Waals surface area contributed by atoms with E-state index >= 15 is 0 Å². The number of halogens is 1. The Hall–Kier alpha value is -2.67. The number of amides is 1. The van der Waals surface area contributed by atoms with E-state index in [1.54, 1.807) is 35.1 Å². The Kier molecular flexibility index (Phi) is 4.90. The molecule has 3 rings (SSSR count). The fourth-order valence-corrected chi connectivity index (χ4v) is 2.28. The smallest absolute Gasteiger partial charge is 0.247 e. The molecule has 0 radical (unpaired) electrons. The molecular weight excluding hydrogens is 330 g/mol. The number of carbonyl (C=O) groups excluding carboxylic acids is 1. The highest BCUT2D eigenvalue weighted by atomic mass is 35.5. The molecule has 1 aromatic carbocycles. The van der Waals surface area contributed by atoms with Crippen molar-refractivity contribution in [3.8, 4) is 11.5 Å². The van der Waals surface area contributed by atoms with Crippen molar-refractivity contribution in [1.29, 1.82) is 0 Å². The van der Waals surface area contributed by atoms with Crippen LogP contribution in [-0.4, -0.2) is 25.9 Å². The second kappa shape index (κ2) is 7.27. The minimum Gasteiger partial charge on any atom is -0.419 e. The molecule has 24 heavy (non-hydrogen) atoms. The number of nitrogens with one attached hydrogen (secondary N) is 1. The van der Waals surface area contributed by atoms with E-state index in [2.05, 4.69) is 20.6 Å². The molecule has 0 atom stereocenters. The molecule has 0 aliphatic heterocycles. The summed E-state index contributed by atoms with van der Waals surface area (Å²) in [6, 6.07) is 7.10. The zero-order valence-electron chi connectivity index (χ0n) is 13.1. The topological polar surface area (TPSA) is 85.8 Å². The number of rotatable bonds is 6. The molecule has 3 aromatic rings. The van der Waals surface area contributed by atoms with E-state index in [9.17, 15) is 4.79 Å². The number of carbonyl (C=O) groups is 1. The average molecular weight is 346 g/mol. The summed E-state index contributed by atoms with van der Waals surface area (Å²) in [5.74, 6) is 0.672. The summed E-state index contributed by atoms with van der Waals surface area (Å²) in [5.41, 5.74) is 1.80. The van der Waals surface area contributed by atoms with Crippen LogP contribution >= 0.6 is 11.6 Å². The lowest BCUT2D eigenvalue weighted by atomic mass is 10.2. The van der Waals surface area contributed by atoms with Gasteiger partial charge in [-0.05, 0) is 36.2 Å². The summed E-state index contributed by atoms with van der Waals surface area (Å²) in [4.78, 5) is 11.9. The van der Waals surface area contributed by atoms with E-state index < -0.39 is 0 Å². The van der Waals surface area contributed by atoms with E-state index in [-0.39, 0.29) is 12.5 Å². The van der Waals surface area contributed by atoms with Gasteiger partial charge in [0.2, 0.25) is 17.7 Å². The Morgan fingerprint density at radius 2 is 2.08 bits per heavy atom. The van der Waals surface area contributed by atoms with Crippen LogP contribution in [0.15, 0.2) is 41.1 Å². The van der Waals surface area contributed by atoms with Gasteiger partial charge in [-0.15, -0.1) is 10.2 Å². The van der Waals surface area contributed by atoms with E-state index in [4.69, 9.17) is 16.0 Å². The lowest BCUT2D eigenvalue weighted by molar-refractivity contribution is -0.121. The van der Waals surface area contributed by atoms with Crippen molar-refractivity contribution >= 4 is 17.5 Å². The first-order valence-corrected chi connectivity index (χ1v) is 7.80. The van der Waals surface area contributed by atoms with Crippen LogP contribution in [0.2, 0.25) is 5.02 Å². The van der Waals surface area contributed by atoms with Gasteiger partial charge in [0.25, 0.3) is 0 Å². The van der Waals surface area contributed by atoms with Gasteiger partial charge in [-0.1, -0.05) is 11.6 Å². The lowest BCUT2D eigenvalue weighted by Crippen LogP contribution is -2.23. The zero-order valence-corrected chi connectivity index (χ0v) is 13.8. The van der Waals surface area contributed by atoms with Crippen molar-refractivity contribution in [2.24, 2.45) is 7.05 Å². The molecule has 0 bridgehead atoms. The van der Waals surface area contributed by atoms with Gasteiger partial charge in [-0.2, -0.15) is 5.10 Å². The summed E-state index contributed by atoms with van der Waals surface area (Å²) < 4.78 is 7.24. The molecule has 0 spiro atoms. The Labute approximate surface area is 143 Å². The van der Waals surface area contributed by atoms with Crippen LogP contribution in [0, 0.1) is 0 Å². The predicted molar refractivity (Wildman–Crippen MR) is 88.1 cm³/mol. The van der Waals surface area contributed by atoms with Gasteiger partial charge in [0, 0.05) is 30.3 Å². The van der Waals surface area contributed by atoms with E-state index in [0.717, 1.165) is 11.1 Å². The normalized spacial score (nSPS) is 10.8. The Bertz CT molecular complexity index is 825. The van der Waals surface area contributed by atoms with Gasteiger partial charge in [0.1, 0.15) is 0 Å². The molecule has 0 saturated heterocycles. The third-order valence-corrected chi connectivity index (χ3v) is 3.65. The zero-order chi connectivity index (χ0) is 16.9. The maximum absolute atomic E-state index is 11.9. The minimum absolute atomic E-state index is 0.0786. The monoisotopic (exact) mass is 345 g/mol. The Balaban J connectivity index is 1.49. The van der Waals surface area contributed by atoms with Gasteiger partial charge < -0.3 is 9.73 Å². The number of hydrogen-bond acceptors (Lipinski definition) is 5. The van der Waals surface area contributed by atoms with Crippen molar-refractivity contribution in [1.82, 2.24) is 25.3 Å². The number of nitrogens with zero attached hydrogens (tertiary/aromatic N) is 4. The highest BCUT2D eigenvalue weighted by molar-refractivity contribution is 6.30. The summed E-state index contributed by atoms with van der Waals surface area (Å²) in [6.45, 7) is 0.201. The molecule has 124 valence electrons. The molecule has 0 saturated carbocycles. The molecule has 8 heteroatoms. The van der Waals surface area contributed by atoms with Crippen molar-refractivity contribution < 1.29 is 9.21 Å². The van der Waals surface area contributed by atoms with Gasteiger partial charge in [0.05, 0.1) is 12.7 Å². The van der Waals surface area contributed by atoms with E-state index in [1.165, 1.54) is 0 Å². The van der Waals surface area contributed by atoms with Crippen molar-refractivity contribution in [2.75, 3.05) is 0 Å².